The Morgan fingerprint density at radius 1 is 1.10 bits per heavy atom. The van der Waals surface area contributed by atoms with Gasteiger partial charge in [0.05, 0.1) is 5.69 Å². The van der Waals surface area contributed by atoms with Crippen LogP contribution in [0, 0.1) is 6.92 Å². The van der Waals surface area contributed by atoms with Gasteiger partial charge in [-0.15, -0.1) is 0 Å². The molecular formula is C18H20BrNO. The smallest absolute Gasteiger partial charge is 0.255 e. The molecule has 2 nitrogen and oxygen atoms in total. The Kier molecular flexibility index (Phi) is 4.52. The molecule has 110 valence electrons. The highest BCUT2D eigenvalue weighted by Crippen LogP contribution is 2.28. The Balaban J connectivity index is 2.33. The van der Waals surface area contributed by atoms with Gasteiger partial charge in [-0.1, -0.05) is 45.0 Å². The molecule has 0 saturated heterocycles. The van der Waals surface area contributed by atoms with Gasteiger partial charge in [0.15, 0.2) is 0 Å². The van der Waals surface area contributed by atoms with Crippen molar-refractivity contribution in [1.82, 2.24) is 0 Å². The summed E-state index contributed by atoms with van der Waals surface area (Å²) in [4.78, 5) is 12.6. The van der Waals surface area contributed by atoms with Crippen LogP contribution < -0.4 is 5.32 Å². The minimum Gasteiger partial charge on any atom is -0.321 e. The van der Waals surface area contributed by atoms with Gasteiger partial charge in [0.1, 0.15) is 0 Å². The molecule has 0 aliphatic carbocycles. The maximum atomic E-state index is 12.6. The number of aryl methyl sites for hydroxylation is 1. The largest absolute Gasteiger partial charge is 0.321 e. The Morgan fingerprint density at radius 3 is 2.38 bits per heavy atom. The summed E-state index contributed by atoms with van der Waals surface area (Å²) in [5, 5.41) is 2.98. The average molecular weight is 346 g/mol. The van der Waals surface area contributed by atoms with E-state index in [1.54, 1.807) is 0 Å². The van der Waals surface area contributed by atoms with Gasteiger partial charge in [-0.2, -0.15) is 0 Å². The first-order valence-electron chi connectivity index (χ1n) is 6.96. The van der Waals surface area contributed by atoms with Crippen molar-refractivity contribution in [2.24, 2.45) is 0 Å². The summed E-state index contributed by atoms with van der Waals surface area (Å²) in [5.74, 6) is -0.0786. The number of anilines is 1. The molecule has 0 aliphatic heterocycles. The summed E-state index contributed by atoms with van der Waals surface area (Å²) in [6, 6.07) is 13.6. The summed E-state index contributed by atoms with van der Waals surface area (Å²) < 4.78 is 0.893. The van der Waals surface area contributed by atoms with Crippen molar-refractivity contribution in [3.05, 3.63) is 63.6 Å². The van der Waals surface area contributed by atoms with Gasteiger partial charge in [0.2, 0.25) is 0 Å². The average Bonchev–Trinajstić information content (AvgIpc) is 2.41. The zero-order chi connectivity index (χ0) is 15.6. The Labute approximate surface area is 134 Å². The third-order valence-corrected chi connectivity index (χ3v) is 4.01. The van der Waals surface area contributed by atoms with Crippen molar-refractivity contribution >= 4 is 27.5 Å². The summed E-state index contributed by atoms with van der Waals surface area (Å²) in [5.41, 5.74) is 3.63. The molecule has 0 bridgehead atoms. The molecular weight excluding hydrogens is 326 g/mol. The van der Waals surface area contributed by atoms with Gasteiger partial charge >= 0.3 is 0 Å². The molecule has 0 heterocycles. The van der Waals surface area contributed by atoms with E-state index in [9.17, 15) is 4.79 Å². The molecule has 2 rings (SSSR count). The van der Waals surface area contributed by atoms with Gasteiger partial charge in [0, 0.05) is 10.0 Å². The quantitative estimate of drug-likeness (QED) is 0.785. The van der Waals surface area contributed by atoms with Crippen molar-refractivity contribution in [2.75, 3.05) is 5.32 Å². The van der Waals surface area contributed by atoms with Crippen molar-refractivity contribution in [1.29, 1.82) is 0 Å². The lowest BCUT2D eigenvalue weighted by atomic mass is 9.83. The van der Waals surface area contributed by atoms with Crippen LogP contribution >= 0.6 is 15.9 Å². The van der Waals surface area contributed by atoms with Gasteiger partial charge in [-0.3, -0.25) is 4.79 Å². The van der Waals surface area contributed by atoms with Crippen LogP contribution in [0.5, 0.6) is 0 Å². The lowest BCUT2D eigenvalue weighted by Gasteiger charge is -2.22. The zero-order valence-electron chi connectivity index (χ0n) is 12.8. The van der Waals surface area contributed by atoms with Crippen LogP contribution in [0.3, 0.4) is 0 Å². The first kappa shape index (κ1) is 15.8. The molecule has 2 aromatic carbocycles. The predicted molar refractivity (Wildman–Crippen MR) is 92.0 cm³/mol. The normalized spacial score (nSPS) is 11.3. The fourth-order valence-corrected chi connectivity index (χ4v) is 2.84. The molecule has 0 aliphatic rings. The van der Waals surface area contributed by atoms with Crippen molar-refractivity contribution in [3.8, 4) is 0 Å². The molecule has 1 N–H and O–H groups in total. The molecule has 0 saturated carbocycles. The molecule has 0 unspecified atom stereocenters. The van der Waals surface area contributed by atoms with Crippen LogP contribution in [0.25, 0.3) is 0 Å². The maximum Gasteiger partial charge on any atom is 0.255 e. The fraction of sp³-hybridized carbons (Fsp3) is 0.278. The van der Waals surface area contributed by atoms with Crippen molar-refractivity contribution < 1.29 is 4.79 Å². The third-order valence-electron chi connectivity index (χ3n) is 3.35. The molecule has 0 radical (unpaired) electrons. The summed E-state index contributed by atoms with van der Waals surface area (Å²) in [6.45, 7) is 8.36. The second-order valence-corrected chi connectivity index (χ2v) is 7.09. The molecule has 0 atom stereocenters. The highest BCUT2D eigenvalue weighted by atomic mass is 79.9. The van der Waals surface area contributed by atoms with Gasteiger partial charge < -0.3 is 5.32 Å². The summed E-state index contributed by atoms with van der Waals surface area (Å²) >= 11 is 3.49. The predicted octanol–water partition coefficient (Wildman–Crippen LogP) is 5.31. The van der Waals surface area contributed by atoms with E-state index in [2.05, 4.69) is 42.0 Å². The lowest BCUT2D eigenvalue weighted by molar-refractivity contribution is 0.102. The number of carbonyl (C=O) groups is 1. The molecule has 0 aromatic heterocycles. The number of carbonyl (C=O) groups excluding carboxylic acids is 1. The van der Waals surface area contributed by atoms with Crippen LogP contribution in [0.1, 0.15) is 42.3 Å². The lowest BCUT2D eigenvalue weighted by Crippen LogP contribution is -2.21. The second-order valence-electron chi connectivity index (χ2n) is 6.23. The highest BCUT2D eigenvalue weighted by molar-refractivity contribution is 9.10. The van der Waals surface area contributed by atoms with Gasteiger partial charge in [-0.05, 0) is 57.6 Å². The first-order valence-corrected chi connectivity index (χ1v) is 7.75. The maximum absolute atomic E-state index is 12.6. The van der Waals surface area contributed by atoms with Crippen LogP contribution in [-0.2, 0) is 5.41 Å². The van der Waals surface area contributed by atoms with E-state index in [0.717, 1.165) is 26.9 Å². The molecule has 1 amide bonds. The minimum absolute atomic E-state index is 0.0710. The van der Waals surface area contributed by atoms with E-state index >= 15 is 0 Å². The Morgan fingerprint density at radius 2 is 1.76 bits per heavy atom. The summed E-state index contributed by atoms with van der Waals surface area (Å²) in [7, 11) is 0. The number of halogens is 1. The number of hydrogen-bond donors (Lipinski definition) is 1. The van der Waals surface area contributed by atoms with E-state index in [-0.39, 0.29) is 11.3 Å². The first-order chi connectivity index (χ1) is 9.79. The second kappa shape index (κ2) is 6.02. The van der Waals surface area contributed by atoms with Crippen LogP contribution in [0.2, 0.25) is 0 Å². The van der Waals surface area contributed by atoms with Crippen LogP contribution in [-0.4, -0.2) is 5.91 Å². The monoisotopic (exact) mass is 345 g/mol. The third kappa shape index (κ3) is 3.73. The SMILES string of the molecule is Cc1ccc(NC(=O)c2ccccc2C(C)(C)C)c(Br)c1. The molecule has 0 spiro atoms. The van der Waals surface area contributed by atoms with Crippen molar-refractivity contribution in [2.45, 2.75) is 33.1 Å². The van der Waals surface area contributed by atoms with E-state index in [1.165, 1.54) is 0 Å². The highest BCUT2D eigenvalue weighted by Gasteiger charge is 2.21. The Bertz CT molecular complexity index is 671. The van der Waals surface area contributed by atoms with Crippen LogP contribution in [0.4, 0.5) is 5.69 Å². The van der Waals surface area contributed by atoms with E-state index in [4.69, 9.17) is 0 Å². The number of hydrogen-bond acceptors (Lipinski definition) is 1. The topological polar surface area (TPSA) is 29.1 Å². The Hall–Kier alpha value is -1.61. The van der Waals surface area contributed by atoms with Gasteiger partial charge in [0.25, 0.3) is 5.91 Å². The van der Waals surface area contributed by atoms with E-state index in [0.29, 0.717) is 0 Å². The molecule has 0 fully saturated rings. The summed E-state index contributed by atoms with van der Waals surface area (Å²) in [6.07, 6.45) is 0. The van der Waals surface area contributed by atoms with E-state index in [1.807, 2.05) is 49.4 Å². The standard InChI is InChI=1S/C18H20BrNO/c1-12-9-10-16(15(19)11-12)20-17(21)13-7-5-6-8-14(13)18(2,3)4/h5-11H,1-4H3,(H,20,21). The van der Waals surface area contributed by atoms with Crippen LogP contribution in [0.15, 0.2) is 46.9 Å². The molecule has 3 heteroatoms. The number of benzene rings is 2. The zero-order valence-corrected chi connectivity index (χ0v) is 14.4. The number of rotatable bonds is 2. The number of nitrogens with one attached hydrogen (secondary N) is 1. The minimum atomic E-state index is -0.0786. The number of amides is 1. The van der Waals surface area contributed by atoms with E-state index < -0.39 is 0 Å². The fourth-order valence-electron chi connectivity index (χ4n) is 2.25. The van der Waals surface area contributed by atoms with Crippen molar-refractivity contribution in [3.63, 3.8) is 0 Å². The van der Waals surface area contributed by atoms with Gasteiger partial charge in [-0.25, -0.2) is 0 Å². The molecule has 2 aromatic rings. The molecule has 21 heavy (non-hydrogen) atoms.